The van der Waals surface area contributed by atoms with E-state index in [9.17, 15) is 9.59 Å². The van der Waals surface area contributed by atoms with Crippen molar-refractivity contribution in [2.24, 2.45) is 0 Å². The van der Waals surface area contributed by atoms with Crippen molar-refractivity contribution >= 4 is 34.8 Å². The molecule has 0 unspecified atom stereocenters. The monoisotopic (exact) mass is 345 g/mol. The topological polar surface area (TPSA) is 61.4 Å². The van der Waals surface area contributed by atoms with Gasteiger partial charge in [-0.15, -0.1) is 0 Å². The minimum Gasteiger partial charge on any atom is -0.376 e. The molecule has 6 heteroatoms. The van der Waals surface area contributed by atoms with Crippen LogP contribution in [0.25, 0.3) is 0 Å². The summed E-state index contributed by atoms with van der Waals surface area (Å²) in [5, 5.41) is 6.41. The number of anilines is 2. The Balaban J connectivity index is 1.89. The molecule has 24 heavy (non-hydrogen) atoms. The van der Waals surface area contributed by atoms with Gasteiger partial charge in [0.05, 0.1) is 6.54 Å². The number of nitrogens with one attached hydrogen (secondary N) is 2. The molecule has 5 nitrogen and oxygen atoms in total. The van der Waals surface area contributed by atoms with Gasteiger partial charge in [0.1, 0.15) is 0 Å². The maximum atomic E-state index is 12.0. The Bertz CT molecular complexity index is 742. The minimum atomic E-state index is -0.177. The summed E-state index contributed by atoms with van der Waals surface area (Å²) in [6, 6.07) is 12.4. The first-order valence-electron chi connectivity index (χ1n) is 7.48. The van der Waals surface area contributed by atoms with Crippen molar-refractivity contribution in [3.05, 3.63) is 58.6 Å². The number of rotatable bonds is 5. The molecule has 0 aromatic heterocycles. The predicted octanol–water partition coefficient (Wildman–Crippen LogP) is 3.40. The van der Waals surface area contributed by atoms with Crippen LogP contribution >= 0.6 is 11.6 Å². The first-order chi connectivity index (χ1) is 11.4. The maximum Gasteiger partial charge on any atom is 0.253 e. The van der Waals surface area contributed by atoms with Crippen LogP contribution in [-0.4, -0.2) is 37.4 Å². The second-order valence-corrected chi connectivity index (χ2v) is 6.05. The van der Waals surface area contributed by atoms with Gasteiger partial charge in [-0.3, -0.25) is 9.59 Å². The summed E-state index contributed by atoms with van der Waals surface area (Å²) in [5.41, 5.74) is 2.98. The van der Waals surface area contributed by atoms with Gasteiger partial charge >= 0.3 is 0 Å². The van der Waals surface area contributed by atoms with Crippen molar-refractivity contribution in [2.45, 2.75) is 6.92 Å². The van der Waals surface area contributed by atoms with Gasteiger partial charge in [-0.05, 0) is 48.9 Å². The van der Waals surface area contributed by atoms with Crippen molar-refractivity contribution in [3.63, 3.8) is 0 Å². The molecule has 0 spiro atoms. The van der Waals surface area contributed by atoms with E-state index in [0.717, 1.165) is 11.3 Å². The quantitative estimate of drug-likeness (QED) is 0.873. The van der Waals surface area contributed by atoms with Gasteiger partial charge in [0.2, 0.25) is 5.91 Å². The zero-order chi connectivity index (χ0) is 17.7. The lowest BCUT2D eigenvalue weighted by atomic mass is 10.2. The molecular formula is C18H20ClN3O2. The van der Waals surface area contributed by atoms with Crippen LogP contribution in [0, 0.1) is 6.92 Å². The molecule has 0 aliphatic heterocycles. The van der Waals surface area contributed by atoms with Gasteiger partial charge in [-0.1, -0.05) is 17.7 Å². The molecular weight excluding hydrogens is 326 g/mol. The lowest BCUT2D eigenvalue weighted by Gasteiger charge is -2.11. The van der Waals surface area contributed by atoms with Crippen molar-refractivity contribution in [1.29, 1.82) is 0 Å². The van der Waals surface area contributed by atoms with Crippen LogP contribution in [0.2, 0.25) is 5.02 Å². The van der Waals surface area contributed by atoms with Gasteiger partial charge in [0, 0.05) is 36.1 Å². The van der Waals surface area contributed by atoms with E-state index in [1.54, 1.807) is 50.5 Å². The third kappa shape index (κ3) is 4.73. The highest BCUT2D eigenvalue weighted by atomic mass is 35.5. The zero-order valence-electron chi connectivity index (χ0n) is 13.9. The number of nitrogens with zero attached hydrogens (tertiary/aromatic N) is 1. The second-order valence-electron chi connectivity index (χ2n) is 5.64. The average molecular weight is 346 g/mol. The van der Waals surface area contributed by atoms with Crippen LogP contribution in [-0.2, 0) is 4.79 Å². The van der Waals surface area contributed by atoms with Crippen LogP contribution in [0.1, 0.15) is 15.9 Å². The molecule has 0 fully saturated rings. The largest absolute Gasteiger partial charge is 0.376 e. The number of aryl methyl sites for hydroxylation is 1. The van der Waals surface area contributed by atoms with Crippen molar-refractivity contribution < 1.29 is 9.59 Å². The molecule has 0 atom stereocenters. The highest BCUT2D eigenvalue weighted by Crippen LogP contribution is 2.19. The van der Waals surface area contributed by atoms with E-state index in [4.69, 9.17) is 11.6 Å². The molecule has 0 radical (unpaired) electrons. The Morgan fingerprint density at radius 3 is 2.25 bits per heavy atom. The van der Waals surface area contributed by atoms with E-state index in [2.05, 4.69) is 10.6 Å². The Morgan fingerprint density at radius 1 is 1.04 bits per heavy atom. The summed E-state index contributed by atoms with van der Waals surface area (Å²) in [5.74, 6) is -0.237. The Kier molecular flexibility index (Phi) is 5.82. The third-order valence-corrected chi connectivity index (χ3v) is 3.85. The van der Waals surface area contributed by atoms with Gasteiger partial charge in [-0.25, -0.2) is 0 Å². The Hall–Kier alpha value is -2.53. The van der Waals surface area contributed by atoms with Gasteiger partial charge in [-0.2, -0.15) is 0 Å². The molecule has 2 aromatic rings. The molecule has 2 N–H and O–H groups in total. The molecule has 2 amide bonds. The zero-order valence-corrected chi connectivity index (χ0v) is 14.6. The van der Waals surface area contributed by atoms with E-state index in [1.807, 2.05) is 13.0 Å². The van der Waals surface area contributed by atoms with Crippen LogP contribution < -0.4 is 10.6 Å². The fourth-order valence-electron chi connectivity index (χ4n) is 2.05. The number of hydrogen-bond donors (Lipinski definition) is 2. The van der Waals surface area contributed by atoms with Crippen LogP contribution in [0.3, 0.4) is 0 Å². The van der Waals surface area contributed by atoms with Gasteiger partial charge < -0.3 is 15.5 Å². The summed E-state index contributed by atoms with van der Waals surface area (Å²) >= 11 is 6.03. The highest BCUT2D eigenvalue weighted by Gasteiger charge is 2.08. The van der Waals surface area contributed by atoms with Crippen LogP contribution in [0.5, 0.6) is 0 Å². The fourth-order valence-corrected chi connectivity index (χ4v) is 2.23. The standard InChI is InChI=1S/C18H20ClN3O2/c1-12-4-7-15(10-16(12)19)21-17(23)11-20-14-8-5-13(6-9-14)18(24)22(2)3/h4-10,20H,11H2,1-3H3,(H,21,23). The number of benzene rings is 2. The third-order valence-electron chi connectivity index (χ3n) is 3.45. The Morgan fingerprint density at radius 2 is 1.67 bits per heavy atom. The fraction of sp³-hybridized carbons (Fsp3) is 0.222. The Labute approximate surface area is 146 Å². The summed E-state index contributed by atoms with van der Waals surface area (Å²) in [6.45, 7) is 2.02. The molecule has 0 aliphatic rings. The normalized spacial score (nSPS) is 10.2. The summed E-state index contributed by atoms with van der Waals surface area (Å²) in [4.78, 5) is 25.3. The number of amides is 2. The van der Waals surface area contributed by atoms with Gasteiger partial charge in [0.25, 0.3) is 5.91 Å². The smallest absolute Gasteiger partial charge is 0.253 e. The van der Waals surface area contributed by atoms with Crippen LogP contribution in [0.4, 0.5) is 11.4 Å². The van der Waals surface area contributed by atoms with E-state index < -0.39 is 0 Å². The highest BCUT2D eigenvalue weighted by molar-refractivity contribution is 6.31. The lowest BCUT2D eigenvalue weighted by Crippen LogP contribution is -2.22. The van der Waals surface area contributed by atoms with Gasteiger partial charge in [0.15, 0.2) is 0 Å². The minimum absolute atomic E-state index is 0.0597. The van der Waals surface area contributed by atoms with E-state index in [0.29, 0.717) is 16.3 Å². The lowest BCUT2D eigenvalue weighted by molar-refractivity contribution is -0.114. The predicted molar refractivity (Wildman–Crippen MR) is 97.8 cm³/mol. The van der Waals surface area contributed by atoms with Crippen LogP contribution in [0.15, 0.2) is 42.5 Å². The summed E-state index contributed by atoms with van der Waals surface area (Å²) in [7, 11) is 3.41. The molecule has 0 heterocycles. The maximum absolute atomic E-state index is 12.0. The first-order valence-corrected chi connectivity index (χ1v) is 7.86. The molecule has 2 rings (SSSR count). The SMILES string of the molecule is Cc1ccc(NC(=O)CNc2ccc(C(=O)N(C)C)cc2)cc1Cl. The van der Waals surface area contributed by atoms with Crippen molar-refractivity contribution in [1.82, 2.24) is 4.90 Å². The number of halogens is 1. The number of carbonyl (C=O) groups excluding carboxylic acids is 2. The first kappa shape index (κ1) is 17.8. The number of hydrogen-bond acceptors (Lipinski definition) is 3. The van der Waals surface area contributed by atoms with Crippen molar-refractivity contribution in [2.75, 3.05) is 31.3 Å². The van der Waals surface area contributed by atoms with E-state index in [-0.39, 0.29) is 18.4 Å². The molecule has 0 saturated carbocycles. The van der Waals surface area contributed by atoms with Crippen molar-refractivity contribution in [3.8, 4) is 0 Å². The van der Waals surface area contributed by atoms with E-state index >= 15 is 0 Å². The molecule has 0 bridgehead atoms. The summed E-state index contributed by atoms with van der Waals surface area (Å²) in [6.07, 6.45) is 0. The average Bonchev–Trinajstić information content (AvgIpc) is 2.56. The van der Waals surface area contributed by atoms with E-state index in [1.165, 1.54) is 4.90 Å². The second kappa shape index (κ2) is 7.84. The molecule has 2 aromatic carbocycles. The molecule has 0 aliphatic carbocycles. The molecule has 126 valence electrons. The number of carbonyl (C=O) groups is 2. The molecule has 0 saturated heterocycles. The summed E-state index contributed by atoms with van der Waals surface area (Å²) < 4.78 is 0.